The molecule has 0 unspecified atom stereocenters. The van der Waals surface area contributed by atoms with Crippen LogP contribution in [0.4, 0.5) is 0 Å². The molecule has 4 aromatic rings. The van der Waals surface area contributed by atoms with E-state index < -0.39 is 5.76 Å². The zero-order valence-corrected chi connectivity index (χ0v) is 12.4. The van der Waals surface area contributed by atoms with Crippen LogP contribution in [0.15, 0.2) is 68.7 Å². The number of imidazole rings is 1. The third kappa shape index (κ3) is 3.17. The Hall–Kier alpha value is -2.47. The maximum absolute atomic E-state index is 10.7. The molecule has 0 aliphatic rings. The van der Waals surface area contributed by atoms with Crippen LogP contribution in [0.25, 0.3) is 22.0 Å². The first-order valence-electron chi connectivity index (χ1n) is 6.16. The molecule has 0 amide bonds. The van der Waals surface area contributed by atoms with E-state index in [0.717, 1.165) is 20.9 Å². The van der Waals surface area contributed by atoms with Gasteiger partial charge >= 0.3 is 5.76 Å². The molecule has 5 nitrogen and oxygen atoms in total. The highest BCUT2D eigenvalue weighted by molar-refractivity contribution is 9.10. The van der Waals surface area contributed by atoms with Gasteiger partial charge in [0.2, 0.25) is 0 Å². The van der Waals surface area contributed by atoms with E-state index in [9.17, 15) is 4.79 Å². The Balaban J connectivity index is 0.000000131. The highest BCUT2D eigenvalue weighted by Crippen LogP contribution is 2.16. The van der Waals surface area contributed by atoms with Gasteiger partial charge < -0.3 is 9.40 Å². The number of para-hydroxylation sites is 2. The van der Waals surface area contributed by atoms with E-state index >= 15 is 0 Å². The maximum Gasteiger partial charge on any atom is 0.439 e. The lowest BCUT2D eigenvalue weighted by atomic mass is 10.3. The summed E-state index contributed by atoms with van der Waals surface area (Å²) in [5.74, 6) is -0.565. The van der Waals surface area contributed by atoms with Crippen molar-refractivity contribution < 1.29 is 4.42 Å². The van der Waals surface area contributed by atoms with Gasteiger partial charge in [0.15, 0.2) is 0 Å². The van der Waals surface area contributed by atoms with Crippen molar-refractivity contribution in [3.05, 3.63) is 70.0 Å². The Morgan fingerprint density at radius 3 is 2.81 bits per heavy atom. The molecule has 6 heteroatoms. The van der Waals surface area contributed by atoms with Crippen LogP contribution in [0.3, 0.4) is 0 Å². The lowest BCUT2D eigenvalue weighted by molar-refractivity contribution is 0.531. The van der Waals surface area contributed by atoms with E-state index in [1.165, 1.54) is 6.20 Å². The van der Waals surface area contributed by atoms with Crippen molar-refractivity contribution in [3.8, 4) is 0 Å². The van der Waals surface area contributed by atoms with Crippen LogP contribution < -0.4 is 5.76 Å². The number of rotatable bonds is 0. The average Bonchev–Trinajstić information content (AvgIpc) is 2.97. The molecule has 0 saturated carbocycles. The third-order valence-electron chi connectivity index (χ3n) is 2.81. The predicted molar refractivity (Wildman–Crippen MR) is 84.1 cm³/mol. The summed E-state index contributed by atoms with van der Waals surface area (Å²) >= 11 is 3.30. The van der Waals surface area contributed by atoms with Crippen molar-refractivity contribution in [3.63, 3.8) is 0 Å². The van der Waals surface area contributed by atoms with Crippen molar-refractivity contribution in [2.75, 3.05) is 0 Å². The number of nitrogens with one attached hydrogen (secondary N) is 1. The molecule has 0 aliphatic heterocycles. The van der Waals surface area contributed by atoms with Gasteiger partial charge in [0.1, 0.15) is 5.58 Å². The SMILES string of the molecule is O=c1ncc2cc(Br)ccc2o1.c1ccc2[nH]cnc2c1. The minimum atomic E-state index is -0.565. The minimum absolute atomic E-state index is 0.554. The van der Waals surface area contributed by atoms with Gasteiger partial charge in [0.25, 0.3) is 0 Å². The number of fused-ring (bicyclic) bond motifs is 2. The fourth-order valence-corrected chi connectivity index (χ4v) is 2.21. The smallest absolute Gasteiger partial charge is 0.408 e. The Labute approximate surface area is 127 Å². The number of benzene rings is 2. The van der Waals surface area contributed by atoms with Crippen LogP contribution in [-0.2, 0) is 0 Å². The zero-order chi connectivity index (χ0) is 14.7. The van der Waals surface area contributed by atoms with Gasteiger partial charge in [-0.3, -0.25) is 0 Å². The summed E-state index contributed by atoms with van der Waals surface area (Å²) in [7, 11) is 0. The molecule has 0 atom stereocenters. The van der Waals surface area contributed by atoms with Gasteiger partial charge in [-0.05, 0) is 30.3 Å². The summed E-state index contributed by atoms with van der Waals surface area (Å²) in [4.78, 5) is 21.3. The minimum Gasteiger partial charge on any atom is -0.408 e. The van der Waals surface area contributed by atoms with Gasteiger partial charge in [0.05, 0.1) is 17.4 Å². The summed E-state index contributed by atoms with van der Waals surface area (Å²) in [6.07, 6.45) is 3.19. The van der Waals surface area contributed by atoms with Crippen LogP contribution in [0, 0.1) is 0 Å². The highest BCUT2D eigenvalue weighted by Gasteiger charge is 1.97. The summed E-state index contributed by atoms with van der Waals surface area (Å²) in [5, 5.41) is 0.809. The molecular formula is C15H10BrN3O2. The number of aromatic nitrogens is 3. The zero-order valence-electron chi connectivity index (χ0n) is 10.8. The van der Waals surface area contributed by atoms with E-state index in [4.69, 9.17) is 4.42 Å². The molecule has 2 aromatic carbocycles. The molecule has 21 heavy (non-hydrogen) atoms. The van der Waals surface area contributed by atoms with Gasteiger partial charge in [-0.2, -0.15) is 4.98 Å². The fraction of sp³-hybridized carbons (Fsp3) is 0. The normalized spacial score (nSPS) is 10.3. The van der Waals surface area contributed by atoms with E-state index in [1.807, 2.05) is 36.4 Å². The molecule has 2 heterocycles. The van der Waals surface area contributed by atoms with Crippen molar-refractivity contribution in [2.24, 2.45) is 0 Å². The van der Waals surface area contributed by atoms with Crippen molar-refractivity contribution >= 4 is 37.9 Å². The van der Waals surface area contributed by atoms with Gasteiger partial charge in [-0.1, -0.05) is 28.1 Å². The van der Waals surface area contributed by atoms with Crippen molar-refractivity contribution in [2.45, 2.75) is 0 Å². The van der Waals surface area contributed by atoms with E-state index in [2.05, 4.69) is 30.9 Å². The molecule has 2 aromatic heterocycles. The van der Waals surface area contributed by atoms with Gasteiger partial charge in [-0.25, -0.2) is 9.78 Å². The number of hydrogen-bond acceptors (Lipinski definition) is 4. The first-order valence-corrected chi connectivity index (χ1v) is 6.95. The van der Waals surface area contributed by atoms with Crippen molar-refractivity contribution in [1.82, 2.24) is 15.0 Å². The number of H-pyrrole nitrogens is 1. The average molecular weight is 344 g/mol. The second-order valence-electron chi connectivity index (χ2n) is 4.23. The second-order valence-corrected chi connectivity index (χ2v) is 5.14. The molecule has 4 rings (SSSR count). The van der Waals surface area contributed by atoms with Crippen molar-refractivity contribution in [1.29, 1.82) is 0 Å². The molecular weight excluding hydrogens is 334 g/mol. The standard InChI is InChI=1S/C8H4BrNO2.C7H6N2/c9-6-1-2-7-5(3-6)4-10-8(11)12-7;1-2-4-7-6(3-1)8-5-9-7/h1-4H;1-5H,(H,8,9). The Morgan fingerprint density at radius 1 is 1.10 bits per heavy atom. The largest absolute Gasteiger partial charge is 0.439 e. The first kappa shape index (κ1) is 13.5. The van der Waals surface area contributed by atoms with Crippen LogP contribution in [0.2, 0.25) is 0 Å². The summed E-state index contributed by atoms with van der Waals surface area (Å²) in [5.41, 5.74) is 2.67. The molecule has 0 spiro atoms. The molecule has 0 radical (unpaired) electrons. The monoisotopic (exact) mass is 343 g/mol. The first-order chi connectivity index (χ1) is 10.2. The number of aromatic amines is 1. The van der Waals surface area contributed by atoms with Crippen LogP contribution in [0.5, 0.6) is 0 Å². The Bertz CT molecular complexity index is 916. The van der Waals surface area contributed by atoms with Crippen LogP contribution >= 0.6 is 15.9 Å². The third-order valence-corrected chi connectivity index (χ3v) is 3.30. The number of nitrogens with zero attached hydrogens (tertiary/aromatic N) is 2. The maximum atomic E-state index is 10.7. The fourth-order valence-electron chi connectivity index (χ4n) is 1.84. The van der Waals surface area contributed by atoms with E-state index in [-0.39, 0.29) is 0 Å². The summed E-state index contributed by atoms with van der Waals surface area (Å²) < 4.78 is 5.76. The Morgan fingerprint density at radius 2 is 1.95 bits per heavy atom. The second kappa shape index (κ2) is 5.88. The van der Waals surface area contributed by atoms with Crippen LogP contribution in [-0.4, -0.2) is 15.0 Å². The summed E-state index contributed by atoms with van der Waals surface area (Å²) in [6, 6.07) is 13.3. The lowest BCUT2D eigenvalue weighted by Crippen LogP contribution is -2.01. The molecule has 0 fully saturated rings. The van der Waals surface area contributed by atoms with Gasteiger partial charge in [0, 0.05) is 16.1 Å². The van der Waals surface area contributed by atoms with E-state index in [0.29, 0.717) is 5.58 Å². The summed E-state index contributed by atoms with van der Waals surface area (Å²) in [6.45, 7) is 0. The predicted octanol–water partition coefficient (Wildman–Crippen LogP) is 3.51. The topological polar surface area (TPSA) is 71.8 Å². The molecule has 0 bridgehead atoms. The van der Waals surface area contributed by atoms with Crippen LogP contribution in [0.1, 0.15) is 0 Å². The lowest BCUT2D eigenvalue weighted by Gasteiger charge is -1.93. The quantitative estimate of drug-likeness (QED) is 0.530. The Kier molecular flexibility index (Phi) is 3.79. The van der Waals surface area contributed by atoms with Gasteiger partial charge in [-0.15, -0.1) is 0 Å². The molecule has 0 aliphatic carbocycles. The number of hydrogen-bond donors (Lipinski definition) is 1. The van der Waals surface area contributed by atoms with E-state index in [1.54, 1.807) is 12.4 Å². The molecule has 104 valence electrons. The molecule has 1 N–H and O–H groups in total. The highest BCUT2D eigenvalue weighted by atomic mass is 79.9. The number of halogens is 1. The molecule has 0 saturated heterocycles.